The molecule has 0 spiro atoms. The second kappa shape index (κ2) is 9.81. The number of nitrogens with zero attached hydrogens (tertiary/aromatic N) is 6. The van der Waals surface area contributed by atoms with Crippen LogP contribution < -0.4 is 15.6 Å². The van der Waals surface area contributed by atoms with Gasteiger partial charge < -0.3 is 19.7 Å². The molecule has 1 aliphatic heterocycles. The Bertz CT molecular complexity index is 1570. The number of carbonyl (C=O) groups is 1. The molecule has 3 aromatic heterocycles. The van der Waals surface area contributed by atoms with Gasteiger partial charge in [0.05, 0.1) is 7.11 Å². The van der Waals surface area contributed by atoms with Gasteiger partial charge in [0.25, 0.3) is 5.56 Å². The lowest BCUT2D eigenvalue weighted by atomic mass is 9.99. The SMILES string of the molecule is CCn1c(=O)c2cnc(Nc3ccc4c(c3)CCN(C(=O)OC(C)(C)C)C4)nc2n1-c1cccc(OC)n1. The molecular weight excluding hydrogens is 486 g/mol. The predicted molar refractivity (Wildman–Crippen MR) is 143 cm³/mol. The lowest BCUT2D eigenvalue weighted by Gasteiger charge is -2.31. The van der Waals surface area contributed by atoms with E-state index >= 15 is 0 Å². The van der Waals surface area contributed by atoms with E-state index in [9.17, 15) is 9.59 Å². The number of carbonyl (C=O) groups excluding carboxylic acids is 1. The number of methoxy groups -OCH3 is 1. The van der Waals surface area contributed by atoms with Gasteiger partial charge in [-0.05, 0) is 63.4 Å². The Morgan fingerprint density at radius 2 is 1.95 bits per heavy atom. The summed E-state index contributed by atoms with van der Waals surface area (Å²) < 4.78 is 14.1. The molecular formula is C27H31N7O4. The van der Waals surface area contributed by atoms with E-state index in [1.165, 1.54) is 6.20 Å². The number of benzene rings is 1. The molecule has 0 bridgehead atoms. The third-order valence-electron chi connectivity index (χ3n) is 6.24. The van der Waals surface area contributed by atoms with Crippen molar-refractivity contribution in [3.05, 3.63) is 64.1 Å². The van der Waals surface area contributed by atoms with E-state index in [4.69, 9.17) is 9.47 Å². The van der Waals surface area contributed by atoms with Crippen molar-refractivity contribution in [3.63, 3.8) is 0 Å². The number of nitrogens with one attached hydrogen (secondary N) is 1. The Morgan fingerprint density at radius 3 is 2.68 bits per heavy atom. The van der Waals surface area contributed by atoms with Crippen LogP contribution in [0.15, 0.2) is 47.4 Å². The summed E-state index contributed by atoms with van der Waals surface area (Å²) in [6, 6.07) is 11.3. The first-order valence-corrected chi connectivity index (χ1v) is 12.5. The Labute approximate surface area is 220 Å². The first kappa shape index (κ1) is 25.2. The number of hydrogen-bond acceptors (Lipinski definition) is 8. The lowest BCUT2D eigenvalue weighted by molar-refractivity contribution is 0.0224. The van der Waals surface area contributed by atoms with Gasteiger partial charge in [0.2, 0.25) is 11.8 Å². The molecule has 1 aliphatic rings. The summed E-state index contributed by atoms with van der Waals surface area (Å²) in [5.74, 6) is 1.31. The molecule has 0 fully saturated rings. The average molecular weight is 518 g/mol. The standard InChI is InChI=1S/C27H31N7O4/c1-6-33-24(35)20-15-28-25(31-23(20)34(33)21-8-7-9-22(30-21)37-5)29-19-11-10-18-16-32(13-12-17(18)14-19)26(36)38-27(2,3)4/h7-11,14-15H,6,12-13,16H2,1-5H3,(H,28,29,31). The first-order valence-electron chi connectivity index (χ1n) is 12.5. The molecule has 5 rings (SSSR count). The van der Waals surface area contributed by atoms with Crippen LogP contribution in [0.1, 0.15) is 38.8 Å². The Balaban J connectivity index is 1.43. The zero-order valence-corrected chi connectivity index (χ0v) is 22.2. The second-order valence-electron chi connectivity index (χ2n) is 10.1. The van der Waals surface area contributed by atoms with Crippen molar-refractivity contribution < 1.29 is 14.3 Å². The number of hydrogen-bond donors (Lipinski definition) is 1. The number of rotatable bonds is 5. The lowest BCUT2D eigenvalue weighted by Crippen LogP contribution is -2.39. The summed E-state index contributed by atoms with van der Waals surface area (Å²) in [7, 11) is 1.55. The number of aromatic nitrogens is 5. The highest BCUT2D eigenvalue weighted by Crippen LogP contribution is 2.26. The molecule has 1 N–H and O–H groups in total. The van der Waals surface area contributed by atoms with Crippen molar-refractivity contribution in [2.24, 2.45) is 0 Å². The molecule has 0 radical (unpaired) electrons. The number of pyridine rings is 1. The monoisotopic (exact) mass is 517 g/mol. The van der Waals surface area contributed by atoms with Crippen molar-refractivity contribution in [2.75, 3.05) is 19.0 Å². The maximum atomic E-state index is 13.0. The largest absolute Gasteiger partial charge is 0.481 e. The molecule has 198 valence electrons. The average Bonchev–Trinajstić information content (AvgIpc) is 3.18. The van der Waals surface area contributed by atoms with Gasteiger partial charge in [0.15, 0.2) is 11.5 Å². The van der Waals surface area contributed by atoms with Crippen LogP contribution in [-0.4, -0.2) is 54.6 Å². The third-order valence-corrected chi connectivity index (χ3v) is 6.24. The number of ether oxygens (including phenoxy) is 2. The molecule has 11 nitrogen and oxygen atoms in total. The van der Waals surface area contributed by atoms with E-state index in [2.05, 4.69) is 20.3 Å². The molecule has 0 aliphatic carbocycles. The summed E-state index contributed by atoms with van der Waals surface area (Å²) in [6.07, 6.45) is 1.94. The van der Waals surface area contributed by atoms with Crippen LogP contribution in [0.4, 0.5) is 16.4 Å². The highest BCUT2D eigenvalue weighted by atomic mass is 16.6. The zero-order valence-electron chi connectivity index (χ0n) is 22.2. The van der Waals surface area contributed by atoms with E-state index in [1.807, 2.05) is 52.0 Å². The fraction of sp³-hybridized carbons (Fsp3) is 0.370. The van der Waals surface area contributed by atoms with Gasteiger partial charge >= 0.3 is 6.09 Å². The second-order valence-corrected chi connectivity index (χ2v) is 10.1. The minimum absolute atomic E-state index is 0.193. The first-order chi connectivity index (χ1) is 18.2. The molecule has 4 aromatic rings. The van der Waals surface area contributed by atoms with Gasteiger partial charge in [-0.3, -0.25) is 4.79 Å². The van der Waals surface area contributed by atoms with Crippen LogP contribution in [0.5, 0.6) is 5.88 Å². The van der Waals surface area contributed by atoms with Crippen molar-refractivity contribution in [1.82, 2.24) is 29.2 Å². The molecule has 38 heavy (non-hydrogen) atoms. The number of amides is 1. The molecule has 1 aromatic carbocycles. The number of fused-ring (bicyclic) bond motifs is 2. The molecule has 4 heterocycles. The van der Waals surface area contributed by atoms with Crippen LogP contribution >= 0.6 is 0 Å². The molecule has 0 atom stereocenters. The van der Waals surface area contributed by atoms with E-state index in [0.29, 0.717) is 54.7 Å². The summed E-state index contributed by atoms with van der Waals surface area (Å²) >= 11 is 0. The highest BCUT2D eigenvalue weighted by Gasteiger charge is 2.26. The van der Waals surface area contributed by atoms with Crippen molar-refractivity contribution in [1.29, 1.82) is 0 Å². The normalized spacial score (nSPS) is 13.3. The maximum absolute atomic E-state index is 13.0. The van der Waals surface area contributed by atoms with Gasteiger partial charge in [0.1, 0.15) is 11.0 Å². The van der Waals surface area contributed by atoms with Gasteiger partial charge in [0, 0.05) is 37.6 Å². The van der Waals surface area contributed by atoms with Crippen molar-refractivity contribution >= 4 is 28.8 Å². The zero-order chi connectivity index (χ0) is 27.0. The number of anilines is 2. The van der Waals surface area contributed by atoms with Crippen LogP contribution in [0.25, 0.3) is 16.9 Å². The highest BCUT2D eigenvalue weighted by molar-refractivity contribution is 5.77. The molecule has 1 amide bonds. The minimum atomic E-state index is -0.530. The van der Waals surface area contributed by atoms with Crippen LogP contribution in [-0.2, 0) is 24.2 Å². The van der Waals surface area contributed by atoms with Gasteiger partial charge in [-0.15, -0.1) is 0 Å². The van der Waals surface area contributed by atoms with E-state index in [-0.39, 0.29) is 11.7 Å². The molecule has 0 saturated heterocycles. The van der Waals surface area contributed by atoms with E-state index < -0.39 is 5.60 Å². The molecule has 11 heteroatoms. The molecule has 0 unspecified atom stereocenters. The fourth-order valence-electron chi connectivity index (χ4n) is 4.48. The fourth-order valence-corrected chi connectivity index (χ4v) is 4.48. The van der Waals surface area contributed by atoms with Gasteiger partial charge in [-0.25, -0.2) is 19.1 Å². The van der Waals surface area contributed by atoms with Crippen LogP contribution in [0, 0.1) is 0 Å². The Hall–Kier alpha value is -4.41. The minimum Gasteiger partial charge on any atom is -0.481 e. The van der Waals surface area contributed by atoms with Crippen molar-refractivity contribution in [3.8, 4) is 11.7 Å². The van der Waals surface area contributed by atoms with Crippen LogP contribution in [0.2, 0.25) is 0 Å². The van der Waals surface area contributed by atoms with Gasteiger partial charge in [-0.2, -0.15) is 9.97 Å². The Morgan fingerprint density at radius 1 is 1.13 bits per heavy atom. The van der Waals surface area contributed by atoms with E-state index in [0.717, 1.165) is 16.8 Å². The maximum Gasteiger partial charge on any atom is 0.410 e. The van der Waals surface area contributed by atoms with Crippen molar-refractivity contribution in [2.45, 2.75) is 52.8 Å². The van der Waals surface area contributed by atoms with E-state index in [1.54, 1.807) is 33.5 Å². The Kier molecular flexibility index (Phi) is 6.52. The summed E-state index contributed by atoms with van der Waals surface area (Å²) in [5.41, 5.74) is 2.76. The smallest absolute Gasteiger partial charge is 0.410 e. The predicted octanol–water partition coefficient (Wildman–Crippen LogP) is 4.04. The van der Waals surface area contributed by atoms with Gasteiger partial charge in [-0.1, -0.05) is 12.1 Å². The summed E-state index contributed by atoms with van der Waals surface area (Å²) in [5, 5.41) is 3.66. The van der Waals surface area contributed by atoms with Crippen LogP contribution in [0.3, 0.4) is 0 Å². The summed E-state index contributed by atoms with van der Waals surface area (Å²) in [6.45, 7) is 9.00. The quantitative estimate of drug-likeness (QED) is 0.422. The summed E-state index contributed by atoms with van der Waals surface area (Å²) in [4.78, 5) is 40.8. The third kappa shape index (κ3) is 4.91. The topological polar surface area (TPSA) is 116 Å². The molecule has 0 saturated carbocycles.